The molecular formula is C16H18FN3O3. The number of nitrogens with zero attached hydrogens (tertiary/aromatic N) is 2. The lowest BCUT2D eigenvalue weighted by Gasteiger charge is -2.14. The predicted molar refractivity (Wildman–Crippen MR) is 84.4 cm³/mol. The van der Waals surface area contributed by atoms with Gasteiger partial charge in [-0.3, -0.25) is 4.79 Å². The van der Waals surface area contributed by atoms with E-state index in [1.165, 1.54) is 25.4 Å². The Kier molecular flexibility index (Phi) is 5.00. The van der Waals surface area contributed by atoms with Crippen LogP contribution in [0.15, 0.2) is 30.5 Å². The fourth-order valence-electron chi connectivity index (χ4n) is 2.06. The molecule has 0 unspecified atom stereocenters. The van der Waals surface area contributed by atoms with E-state index in [2.05, 4.69) is 10.3 Å². The third-order valence-electron chi connectivity index (χ3n) is 3.27. The quantitative estimate of drug-likeness (QED) is 0.881. The highest BCUT2D eigenvalue weighted by Crippen LogP contribution is 2.27. The first-order chi connectivity index (χ1) is 10.9. The first-order valence-corrected chi connectivity index (χ1v) is 6.90. The van der Waals surface area contributed by atoms with Gasteiger partial charge < -0.3 is 20.1 Å². The molecule has 1 amide bonds. The van der Waals surface area contributed by atoms with E-state index < -0.39 is 5.91 Å². The maximum Gasteiger partial charge on any atom is 0.274 e. The van der Waals surface area contributed by atoms with Gasteiger partial charge in [-0.05, 0) is 17.7 Å². The van der Waals surface area contributed by atoms with E-state index in [1.54, 1.807) is 31.1 Å². The zero-order chi connectivity index (χ0) is 17.0. The molecule has 2 rings (SSSR count). The Balaban J connectivity index is 2.09. The second-order valence-corrected chi connectivity index (χ2v) is 5.07. The number of methoxy groups -OCH3 is 1. The molecule has 23 heavy (non-hydrogen) atoms. The van der Waals surface area contributed by atoms with Crippen LogP contribution in [0.3, 0.4) is 0 Å². The standard InChI is InChI=1S/C16H18FN3O3/c1-20(2)12-5-4-10(8-11(12)17)9-19-16(22)14-15(21)13(23-3)6-7-18-14/h4-8,21H,9H2,1-3H3,(H,19,22). The number of benzene rings is 1. The van der Waals surface area contributed by atoms with Crippen LogP contribution in [0, 0.1) is 5.82 Å². The fraction of sp³-hybridized carbons (Fsp3) is 0.250. The minimum absolute atomic E-state index is 0.113. The summed E-state index contributed by atoms with van der Waals surface area (Å²) in [7, 11) is 4.88. The molecule has 0 aliphatic carbocycles. The van der Waals surface area contributed by atoms with E-state index in [9.17, 15) is 14.3 Å². The largest absolute Gasteiger partial charge is 0.503 e. The van der Waals surface area contributed by atoms with Crippen molar-refractivity contribution in [3.8, 4) is 11.5 Å². The molecule has 0 aliphatic heterocycles. The third kappa shape index (κ3) is 3.68. The van der Waals surface area contributed by atoms with Crippen molar-refractivity contribution in [2.45, 2.75) is 6.54 Å². The summed E-state index contributed by atoms with van der Waals surface area (Å²) in [6.45, 7) is 0.113. The van der Waals surface area contributed by atoms with Gasteiger partial charge in [-0.15, -0.1) is 0 Å². The number of halogens is 1. The number of aromatic hydroxyl groups is 1. The van der Waals surface area contributed by atoms with Gasteiger partial charge in [0, 0.05) is 32.9 Å². The highest BCUT2D eigenvalue weighted by molar-refractivity contribution is 5.95. The fourth-order valence-corrected chi connectivity index (χ4v) is 2.06. The molecule has 1 aromatic heterocycles. The van der Waals surface area contributed by atoms with Gasteiger partial charge in [-0.1, -0.05) is 6.07 Å². The number of aromatic nitrogens is 1. The maximum absolute atomic E-state index is 13.9. The number of pyridine rings is 1. The molecule has 0 saturated heterocycles. The second-order valence-electron chi connectivity index (χ2n) is 5.07. The van der Waals surface area contributed by atoms with Crippen LogP contribution in [-0.2, 0) is 6.54 Å². The number of carbonyl (C=O) groups is 1. The zero-order valence-corrected chi connectivity index (χ0v) is 13.1. The lowest BCUT2D eigenvalue weighted by atomic mass is 10.2. The first kappa shape index (κ1) is 16.5. The van der Waals surface area contributed by atoms with Crippen molar-refractivity contribution in [1.82, 2.24) is 10.3 Å². The van der Waals surface area contributed by atoms with Gasteiger partial charge >= 0.3 is 0 Å². The van der Waals surface area contributed by atoms with Crippen LogP contribution in [0.5, 0.6) is 11.5 Å². The summed E-state index contributed by atoms with van der Waals surface area (Å²) in [6, 6.07) is 6.16. The summed E-state index contributed by atoms with van der Waals surface area (Å²) in [5, 5.41) is 12.5. The molecular weight excluding hydrogens is 301 g/mol. The van der Waals surface area contributed by atoms with Gasteiger partial charge in [-0.2, -0.15) is 0 Å². The minimum Gasteiger partial charge on any atom is -0.503 e. The van der Waals surface area contributed by atoms with Crippen molar-refractivity contribution < 1.29 is 19.0 Å². The van der Waals surface area contributed by atoms with Crippen molar-refractivity contribution in [2.24, 2.45) is 0 Å². The zero-order valence-electron chi connectivity index (χ0n) is 13.1. The number of rotatable bonds is 5. The summed E-state index contributed by atoms with van der Waals surface area (Å²) in [5.41, 5.74) is 0.922. The number of carbonyl (C=O) groups excluding carboxylic acids is 1. The van der Waals surface area contributed by atoms with Crippen LogP contribution in [0.4, 0.5) is 10.1 Å². The lowest BCUT2D eigenvalue weighted by Crippen LogP contribution is -2.24. The first-order valence-electron chi connectivity index (χ1n) is 6.90. The van der Waals surface area contributed by atoms with Crippen LogP contribution in [-0.4, -0.2) is 37.2 Å². The normalized spacial score (nSPS) is 10.3. The van der Waals surface area contributed by atoms with E-state index in [1.807, 2.05) is 0 Å². The Morgan fingerprint density at radius 1 is 1.39 bits per heavy atom. The van der Waals surface area contributed by atoms with Crippen LogP contribution in [0.1, 0.15) is 16.1 Å². The smallest absolute Gasteiger partial charge is 0.274 e. The van der Waals surface area contributed by atoms with Gasteiger partial charge in [0.1, 0.15) is 5.82 Å². The van der Waals surface area contributed by atoms with Crippen molar-refractivity contribution in [3.63, 3.8) is 0 Å². The van der Waals surface area contributed by atoms with Gasteiger partial charge in [0.2, 0.25) is 0 Å². The van der Waals surface area contributed by atoms with Crippen molar-refractivity contribution in [3.05, 3.63) is 47.5 Å². The third-order valence-corrected chi connectivity index (χ3v) is 3.27. The molecule has 0 aliphatic rings. The summed E-state index contributed by atoms with van der Waals surface area (Å²) >= 11 is 0. The highest BCUT2D eigenvalue weighted by Gasteiger charge is 2.16. The molecule has 6 nitrogen and oxygen atoms in total. The molecule has 1 heterocycles. The minimum atomic E-state index is -0.571. The number of hydrogen-bond acceptors (Lipinski definition) is 5. The molecule has 0 radical (unpaired) electrons. The highest BCUT2D eigenvalue weighted by atomic mass is 19.1. The Bertz CT molecular complexity index is 720. The van der Waals surface area contributed by atoms with Crippen molar-refractivity contribution in [2.75, 3.05) is 26.1 Å². The van der Waals surface area contributed by atoms with Crippen molar-refractivity contribution in [1.29, 1.82) is 0 Å². The number of anilines is 1. The second kappa shape index (κ2) is 6.95. The Morgan fingerprint density at radius 3 is 2.74 bits per heavy atom. The van der Waals surface area contributed by atoms with Crippen LogP contribution < -0.4 is 15.0 Å². The molecule has 0 fully saturated rings. The molecule has 0 bridgehead atoms. The maximum atomic E-state index is 13.9. The molecule has 0 spiro atoms. The molecule has 2 aromatic rings. The number of amides is 1. The van der Waals surface area contributed by atoms with E-state index in [-0.39, 0.29) is 29.6 Å². The molecule has 1 aromatic carbocycles. The monoisotopic (exact) mass is 319 g/mol. The summed E-state index contributed by atoms with van der Waals surface area (Å²) in [5.74, 6) is -1.12. The van der Waals surface area contributed by atoms with Crippen LogP contribution in [0.2, 0.25) is 0 Å². The van der Waals surface area contributed by atoms with Crippen LogP contribution in [0.25, 0.3) is 0 Å². The van der Waals surface area contributed by atoms with E-state index in [0.29, 0.717) is 11.3 Å². The van der Waals surface area contributed by atoms with Crippen LogP contribution >= 0.6 is 0 Å². The topological polar surface area (TPSA) is 74.7 Å². The molecule has 0 saturated carbocycles. The Hall–Kier alpha value is -2.83. The Labute approximate surface area is 133 Å². The van der Waals surface area contributed by atoms with Gasteiger partial charge in [0.05, 0.1) is 12.8 Å². The van der Waals surface area contributed by atoms with E-state index >= 15 is 0 Å². The number of nitrogens with one attached hydrogen (secondary N) is 1. The summed E-state index contributed by atoms with van der Waals surface area (Å²) < 4.78 is 18.8. The van der Waals surface area contributed by atoms with Gasteiger partial charge in [-0.25, -0.2) is 9.37 Å². The molecule has 0 atom stereocenters. The Morgan fingerprint density at radius 2 is 2.13 bits per heavy atom. The van der Waals surface area contributed by atoms with Gasteiger partial charge in [0.25, 0.3) is 5.91 Å². The average molecular weight is 319 g/mol. The lowest BCUT2D eigenvalue weighted by molar-refractivity contribution is 0.0942. The number of ether oxygens (including phenoxy) is 1. The van der Waals surface area contributed by atoms with Crippen molar-refractivity contribution >= 4 is 11.6 Å². The molecule has 7 heteroatoms. The summed E-state index contributed by atoms with van der Waals surface area (Å²) in [4.78, 5) is 17.6. The molecule has 122 valence electrons. The van der Waals surface area contributed by atoms with Gasteiger partial charge in [0.15, 0.2) is 17.2 Å². The van der Waals surface area contributed by atoms with E-state index in [0.717, 1.165) is 0 Å². The van der Waals surface area contributed by atoms with E-state index in [4.69, 9.17) is 4.74 Å². The summed E-state index contributed by atoms with van der Waals surface area (Å²) in [6.07, 6.45) is 1.36. The molecule has 2 N–H and O–H groups in total. The number of hydrogen-bond donors (Lipinski definition) is 2. The average Bonchev–Trinajstić information content (AvgIpc) is 2.52. The SMILES string of the molecule is COc1ccnc(C(=O)NCc2ccc(N(C)C)c(F)c2)c1O. The predicted octanol–water partition coefficient (Wildman–Crippen LogP) is 1.93.